The second kappa shape index (κ2) is 11.8. The number of para-hydroxylation sites is 1. The first-order chi connectivity index (χ1) is 19.3. The maximum absolute atomic E-state index is 14.3. The SMILES string of the molecule is COc1ccc(C(C(=O)NC2CCCCC2)N(C(=O)Cn2nnc3ccccc32)c2cc(C)cc(C)c2)cc1O. The highest BCUT2D eigenvalue weighted by molar-refractivity contribution is 6.01. The van der Waals surface area contributed by atoms with Gasteiger partial charge in [0.25, 0.3) is 0 Å². The molecule has 4 aromatic rings. The summed E-state index contributed by atoms with van der Waals surface area (Å²) >= 11 is 0. The third kappa shape index (κ3) is 5.78. The average molecular weight is 542 g/mol. The van der Waals surface area contributed by atoms with Crippen molar-refractivity contribution >= 4 is 28.5 Å². The fraction of sp³-hybridized carbons (Fsp3) is 0.355. The third-order valence-corrected chi connectivity index (χ3v) is 7.44. The number of hydrogen-bond acceptors (Lipinski definition) is 6. The molecule has 9 nitrogen and oxygen atoms in total. The van der Waals surface area contributed by atoms with Gasteiger partial charge in [0.2, 0.25) is 11.8 Å². The summed E-state index contributed by atoms with van der Waals surface area (Å²) in [7, 11) is 1.47. The number of carbonyl (C=O) groups excluding carboxylic acids is 2. The van der Waals surface area contributed by atoms with E-state index in [1.165, 1.54) is 18.1 Å². The van der Waals surface area contributed by atoms with Crippen molar-refractivity contribution in [1.82, 2.24) is 20.3 Å². The van der Waals surface area contributed by atoms with Crippen molar-refractivity contribution in [2.45, 2.75) is 64.6 Å². The molecular weight excluding hydrogens is 506 g/mol. The first-order valence-corrected chi connectivity index (χ1v) is 13.7. The zero-order valence-corrected chi connectivity index (χ0v) is 23.1. The van der Waals surface area contributed by atoms with Crippen molar-refractivity contribution in [3.05, 3.63) is 77.4 Å². The van der Waals surface area contributed by atoms with Crippen molar-refractivity contribution in [2.75, 3.05) is 12.0 Å². The van der Waals surface area contributed by atoms with Gasteiger partial charge in [-0.25, -0.2) is 4.68 Å². The summed E-state index contributed by atoms with van der Waals surface area (Å²) in [6.07, 6.45) is 5.06. The van der Waals surface area contributed by atoms with Gasteiger partial charge in [0.1, 0.15) is 18.1 Å². The lowest BCUT2D eigenvalue weighted by molar-refractivity contribution is -0.127. The number of amides is 2. The van der Waals surface area contributed by atoms with Gasteiger partial charge >= 0.3 is 0 Å². The second-order valence-corrected chi connectivity index (χ2v) is 10.5. The van der Waals surface area contributed by atoms with Gasteiger partial charge in [-0.3, -0.25) is 14.5 Å². The molecule has 0 aliphatic heterocycles. The molecular formula is C31H35N5O4. The summed E-state index contributed by atoms with van der Waals surface area (Å²) in [5, 5.41) is 22.3. The van der Waals surface area contributed by atoms with Gasteiger partial charge < -0.3 is 15.2 Å². The Kier molecular flexibility index (Phi) is 8.00. The summed E-state index contributed by atoms with van der Waals surface area (Å²) in [5.74, 6) is -0.453. The molecule has 1 heterocycles. The normalized spacial score (nSPS) is 14.6. The Morgan fingerprint density at radius 2 is 1.77 bits per heavy atom. The van der Waals surface area contributed by atoms with E-state index < -0.39 is 6.04 Å². The highest BCUT2D eigenvalue weighted by atomic mass is 16.5. The molecule has 208 valence electrons. The van der Waals surface area contributed by atoms with Gasteiger partial charge in [0, 0.05) is 11.7 Å². The smallest absolute Gasteiger partial charge is 0.249 e. The van der Waals surface area contributed by atoms with Crippen LogP contribution in [0.1, 0.15) is 54.8 Å². The quantitative estimate of drug-likeness (QED) is 0.325. The number of ether oxygens (including phenoxy) is 1. The van der Waals surface area contributed by atoms with Crippen LogP contribution in [-0.4, -0.2) is 45.1 Å². The molecule has 5 rings (SSSR count). The van der Waals surface area contributed by atoms with Gasteiger partial charge in [-0.05, 0) is 79.8 Å². The van der Waals surface area contributed by atoms with E-state index in [4.69, 9.17) is 4.74 Å². The van der Waals surface area contributed by atoms with E-state index in [0.29, 0.717) is 16.8 Å². The molecule has 1 aromatic heterocycles. The first kappa shape index (κ1) is 27.2. The van der Waals surface area contributed by atoms with Gasteiger partial charge in [-0.1, -0.05) is 48.7 Å². The fourth-order valence-corrected chi connectivity index (χ4v) is 5.59. The predicted octanol–water partition coefficient (Wildman–Crippen LogP) is 4.99. The zero-order valence-electron chi connectivity index (χ0n) is 23.1. The summed E-state index contributed by atoms with van der Waals surface area (Å²) in [6, 6.07) is 17.1. The number of phenols is 1. The molecule has 3 aromatic carbocycles. The summed E-state index contributed by atoms with van der Waals surface area (Å²) in [5.41, 5.74) is 4.39. The van der Waals surface area contributed by atoms with E-state index in [9.17, 15) is 14.7 Å². The predicted molar refractivity (Wildman–Crippen MR) is 153 cm³/mol. The summed E-state index contributed by atoms with van der Waals surface area (Å²) in [4.78, 5) is 29.9. The lowest BCUT2D eigenvalue weighted by Gasteiger charge is -2.34. The van der Waals surface area contributed by atoms with Crippen LogP contribution >= 0.6 is 0 Å². The minimum Gasteiger partial charge on any atom is -0.504 e. The maximum atomic E-state index is 14.3. The summed E-state index contributed by atoms with van der Waals surface area (Å²) in [6.45, 7) is 3.80. The molecule has 1 fully saturated rings. The molecule has 9 heteroatoms. The third-order valence-electron chi connectivity index (χ3n) is 7.44. The Hall–Kier alpha value is -4.40. The molecule has 1 atom stereocenters. The van der Waals surface area contributed by atoms with Gasteiger partial charge in [-0.2, -0.15) is 0 Å². The number of methoxy groups -OCH3 is 1. The van der Waals surface area contributed by atoms with E-state index in [1.807, 2.05) is 56.3 Å². The lowest BCUT2D eigenvalue weighted by Crippen LogP contribution is -2.48. The number of aryl methyl sites for hydroxylation is 2. The van der Waals surface area contributed by atoms with Crippen molar-refractivity contribution in [1.29, 1.82) is 0 Å². The Balaban J connectivity index is 1.61. The largest absolute Gasteiger partial charge is 0.504 e. The number of benzene rings is 3. The molecule has 1 aliphatic carbocycles. The monoisotopic (exact) mass is 541 g/mol. The number of carbonyl (C=O) groups is 2. The lowest BCUT2D eigenvalue weighted by atomic mass is 9.94. The molecule has 1 unspecified atom stereocenters. The van der Waals surface area contributed by atoms with Gasteiger partial charge in [-0.15, -0.1) is 5.10 Å². The standard InChI is InChI=1S/C31H35N5O4/c1-20-15-21(2)17-24(16-20)36(29(38)19-35-26-12-8-7-11-25(26)33-34-35)30(22-13-14-28(40-3)27(37)18-22)31(39)32-23-9-5-4-6-10-23/h7-8,11-18,23,30,37H,4-6,9-10,19H2,1-3H3,(H,32,39). The van der Waals surface area contributed by atoms with Crippen molar-refractivity contribution in [2.24, 2.45) is 0 Å². The number of fused-ring (bicyclic) bond motifs is 1. The molecule has 2 N–H and O–H groups in total. The minimum atomic E-state index is -1.04. The molecule has 0 spiro atoms. The van der Waals surface area contributed by atoms with Crippen LogP contribution in [0.2, 0.25) is 0 Å². The fourth-order valence-electron chi connectivity index (χ4n) is 5.59. The van der Waals surface area contributed by atoms with Crippen LogP contribution < -0.4 is 15.0 Å². The van der Waals surface area contributed by atoms with Crippen LogP contribution in [0.4, 0.5) is 5.69 Å². The summed E-state index contributed by atoms with van der Waals surface area (Å²) < 4.78 is 6.80. The average Bonchev–Trinajstić information content (AvgIpc) is 3.34. The first-order valence-electron chi connectivity index (χ1n) is 13.7. The van der Waals surface area contributed by atoms with E-state index in [1.54, 1.807) is 16.8 Å². The number of phenolic OH excluding ortho intramolecular Hbond substituents is 1. The van der Waals surface area contributed by atoms with Crippen LogP contribution in [0, 0.1) is 13.8 Å². The topological polar surface area (TPSA) is 110 Å². The molecule has 0 bridgehead atoms. The molecule has 0 radical (unpaired) electrons. The molecule has 2 amide bonds. The molecule has 1 aliphatic rings. The highest BCUT2D eigenvalue weighted by Gasteiger charge is 2.35. The van der Waals surface area contributed by atoms with Gasteiger partial charge in [0.05, 0.1) is 12.6 Å². The van der Waals surface area contributed by atoms with E-state index >= 15 is 0 Å². The zero-order chi connectivity index (χ0) is 28.2. The Bertz CT molecular complexity index is 1510. The Labute approximate surface area is 233 Å². The second-order valence-electron chi connectivity index (χ2n) is 10.5. The number of nitrogens with one attached hydrogen (secondary N) is 1. The van der Waals surface area contributed by atoms with Crippen LogP contribution in [0.5, 0.6) is 11.5 Å². The van der Waals surface area contributed by atoms with Crippen molar-refractivity contribution in [3.8, 4) is 11.5 Å². The van der Waals surface area contributed by atoms with Gasteiger partial charge in [0.15, 0.2) is 11.5 Å². The molecule has 1 saturated carbocycles. The molecule has 40 heavy (non-hydrogen) atoms. The number of nitrogens with zero attached hydrogens (tertiary/aromatic N) is 4. The highest BCUT2D eigenvalue weighted by Crippen LogP contribution is 2.35. The van der Waals surface area contributed by atoms with Crippen LogP contribution in [0.15, 0.2) is 60.7 Å². The van der Waals surface area contributed by atoms with E-state index in [-0.39, 0.29) is 35.9 Å². The van der Waals surface area contributed by atoms with Crippen LogP contribution in [-0.2, 0) is 16.1 Å². The van der Waals surface area contributed by atoms with Crippen LogP contribution in [0.25, 0.3) is 11.0 Å². The number of aromatic hydroxyl groups is 1. The number of hydrogen-bond donors (Lipinski definition) is 2. The Morgan fingerprint density at radius 1 is 1.05 bits per heavy atom. The Morgan fingerprint density at radius 3 is 2.48 bits per heavy atom. The number of rotatable bonds is 8. The molecule has 0 saturated heterocycles. The van der Waals surface area contributed by atoms with Crippen molar-refractivity contribution in [3.63, 3.8) is 0 Å². The number of aromatic nitrogens is 3. The van der Waals surface area contributed by atoms with Crippen molar-refractivity contribution < 1.29 is 19.4 Å². The van der Waals surface area contributed by atoms with E-state index in [2.05, 4.69) is 15.6 Å². The number of anilines is 1. The van der Waals surface area contributed by atoms with Crippen LogP contribution in [0.3, 0.4) is 0 Å². The minimum absolute atomic E-state index is 0.0334. The maximum Gasteiger partial charge on any atom is 0.249 e. The van der Waals surface area contributed by atoms with E-state index in [0.717, 1.165) is 48.7 Å².